The first-order valence-electron chi connectivity index (χ1n) is 5.74. The molecule has 0 saturated heterocycles. The van der Waals surface area contributed by atoms with E-state index >= 15 is 0 Å². The lowest BCUT2D eigenvalue weighted by Gasteiger charge is -2.12. The Labute approximate surface area is 123 Å². The van der Waals surface area contributed by atoms with Crippen LogP contribution in [0.25, 0.3) is 0 Å². The molecule has 2 rings (SSSR count). The Kier molecular flexibility index (Phi) is 4.59. The van der Waals surface area contributed by atoms with Gasteiger partial charge in [0.05, 0.1) is 6.10 Å². The van der Waals surface area contributed by atoms with Crippen LogP contribution in [0.4, 0.5) is 0 Å². The van der Waals surface area contributed by atoms with E-state index in [4.69, 9.17) is 0 Å². The van der Waals surface area contributed by atoms with Gasteiger partial charge in [-0.05, 0) is 56.5 Å². The summed E-state index contributed by atoms with van der Waals surface area (Å²) in [6, 6.07) is 5.77. The Morgan fingerprint density at radius 2 is 2.11 bits per heavy atom. The fraction of sp³-hybridized carbons (Fsp3) is 0.308. The molecule has 1 aromatic heterocycles. The summed E-state index contributed by atoms with van der Waals surface area (Å²) in [6.07, 6.45) is 3.68. The molecule has 0 radical (unpaired) electrons. The molecule has 1 N–H and O–H groups in total. The molecule has 0 fully saturated rings. The van der Waals surface area contributed by atoms with E-state index < -0.39 is 6.10 Å². The molecular weight excluding hydrogens is 360 g/mol. The highest BCUT2D eigenvalue weighted by Crippen LogP contribution is 2.27. The van der Waals surface area contributed by atoms with Crippen LogP contribution in [0.5, 0.6) is 0 Å². The monoisotopic (exact) mass is 372 g/mol. The Morgan fingerprint density at radius 3 is 2.78 bits per heavy atom. The highest BCUT2D eigenvalue weighted by atomic mass is 79.9. The maximum absolute atomic E-state index is 10.2. The molecular formula is C13H14Br2N2O. The number of hydrogen-bond acceptors (Lipinski definition) is 2. The molecule has 3 nitrogen and oxygen atoms in total. The normalized spacial score (nSPS) is 12.7. The van der Waals surface area contributed by atoms with Crippen LogP contribution in [0, 0.1) is 0 Å². The Balaban J connectivity index is 2.16. The third-order valence-electron chi connectivity index (χ3n) is 2.85. The molecule has 2 aromatic rings. The Bertz CT molecular complexity index is 540. The van der Waals surface area contributed by atoms with E-state index in [0.717, 1.165) is 26.9 Å². The lowest BCUT2D eigenvalue weighted by Crippen LogP contribution is -2.08. The number of rotatable bonds is 4. The first-order valence-corrected chi connectivity index (χ1v) is 7.33. The van der Waals surface area contributed by atoms with Crippen molar-refractivity contribution in [1.29, 1.82) is 0 Å². The molecule has 0 aliphatic heterocycles. The van der Waals surface area contributed by atoms with Crippen molar-refractivity contribution >= 4 is 31.9 Å². The van der Waals surface area contributed by atoms with Crippen LogP contribution in [0.1, 0.15) is 24.4 Å². The summed E-state index contributed by atoms with van der Waals surface area (Å²) < 4.78 is 3.96. The molecule has 0 aliphatic rings. The minimum atomic E-state index is -0.540. The molecule has 1 aromatic carbocycles. The van der Waals surface area contributed by atoms with Crippen LogP contribution in [0.15, 0.2) is 39.5 Å². The van der Waals surface area contributed by atoms with Crippen molar-refractivity contribution in [2.45, 2.75) is 26.0 Å². The topological polar surface area (TPSA) is 38.0 Å². The van der Waals surface area contributed by atoms with Crippen molar-refractivity contribution in [3.63, 3.8) is 0 Å². The summed E-state index contributed by atoms with van der Waals surface area (Å²) >= 11 is 6.86. The van der Waals surface area contributed by atoms with Gasteiger partial charge in [0.2, 0.25) is 0 Å². The first-order chi connectivity index (χ1) is 8.61. The summed E-state index contributed by atoms with van der Waals surface area (Å²) in [5, 5.41) is 10.2. The van der Waals surface area contributed by atoms with Gasteiger partial charge in [-0.1, -0.05) is 6.07 Å². The Morgan fingerprint density at radius 1 is 1.33 bits per heavy atom. The maximum Gasteiger partial charge on any atom is 0.111 e. The van der Waals surface area contributed by atoms with E-state index in [1.807, 2.05) is 29.0 Å². The quantitative estimate of drug-likeness (QED) is 0.887. The van der Waals surface area contributed by atoms with Crippen molar-refractivity contribution in [2.24, 2.45) is 0 Å². The molecule has 1 heterocycles. The predicted molar refractivity (Wildman–Crippen MR) is 78.4 cm³/mol. The van der Waals surface area contributed by atoms with Gasteiger partial charge >= 0.3 is 0 Å². The molecule has 0 aliphatic carbocycles. The van der Waals surface area contributed by atoms with E-state index in [-0.39, 0.29) is 0 Å². The number of hydrogen-bond donors (Lipinski definition) is 1. The molecule has 0 amide bonds. The summed E-state index contributed by atoms with van der Waals surface area (Å²) in [5.74, 6) is 0.907. The molecule has 5 heteroatoms. The smallest absolute Gasteiger partial charge is 0.111 e. The number of aliphatic hydroxyl groups is 1. The average molecular weight is 374 g/mol. The minimum absolute atomic E-state index is 0.523. The SMILES string of the molecule is CCn1ccnc1CC(O)c1ccc(Br)c(Br)c1. The molecule has 18 heavy (non-hydrogen) atoms. The molecule has 96 valence electrons. The average Bonchev–Trinajstić information content (AvgIpc) is 2.79. The van der Waals surface area contributed by atoms with E-state index in [1.54, 1.807) is 6.20 Å². The van der Waals surface area contributed by atoms with Gasteiger partial charge in [0.15, 0.2) is 0 Å². The third kappa shape index (κ3) is 3.02. The van der Waals surface area contributed by atoms with E-state index in [2.05, 4.69) is 43.8 Å². The van der Waals surface area contributed by atoms with Gasteiger partial charge in [0.25, 0.3) is 0 Å². The van der Waals surface area contributed by atoms with Crippen molar-refractivity contribution in [2.75, 3.05) is 0 Å². The number of aromatic nitrogens is 2. The molecule has 0 saturated carbocycles. The number of aliphatic hydroxyl groups excluding tert-OH is 1. The van der Waals surface area contributed by atoms with E-state index in [1.165, 1.54) is 0 Å². The van der Waals surface area contributed by atoms with Gasteiger partial charge in [0, 0.05) is 34.3 Å². The standard InChI is InChI=1S/C13H14Br2N2O/c1-2-17-6-5-16-13(17)8-12(18)9-3-4-10(14)11(15)7-9/h3-7,12,18H,2,8H2,1H3. The van der Waals surface area contributed by atoms with Gasteiger partial charge in [-0.2, -0.15) is 0 Å². The zero-order valence-electron chi connectivity index (χ0n) is 9.98. The number of benzene rings is 1. The van der Waals surface area contributed by atoms with Gasteiger partial charge in [0.1, 0.15) is 5.82 Å². The summed E-state index contributed by atoms with van der Waals surface area (Å²) in [5.41, 5.74) is 0.885. The highest BCUT2D eigenvalue weighted by molar-refractivity contribution is 9.13. The van der Waals surface area contributed by atoms with Gasteiger partial charge < -0.3 is 9.67 Å². The predicted octanol–water partition coefficient (Wildman–Crippen LogP) is 3.70. The van der Waals surface area contributed by atoms with Crippen LogP contribution in [-0.4, -0.2) is 14.7 Å². The molecule has 0 spiro atoms. The summed E-state index contributed by atoms with van der Waals surface area (Å²) in [4.78, 5) is 4.27. The lowest BCUT2D eigenvalue weighted by atomic mass is 10.1. The van der Waals surface area contributed by atoms with Crippen LogP contribution in [0.3, 0.4) is 0 Å². The molecule has 1 unspecified atom stereocenters. The number of aryl methyl sites for hydroxylation is 1. The van der Waals surface area contributed by atoms with Crippen molar-refractivity contribution in [1.82, 2.24) is 9.55 Å². The van der Waals surface area contributed by atoms with Crippen molar-refractivity contribution in [3.8, 4) is 0 Å². The zero-order chi connectivity index (χ0) is 13.1. The third-order valence-corrected chi connectivity index (χ3v) is 4.73. The number of nitrogens with zero attached hydrogens (tertiary/aromatic N) is 2. The van der Waals surface area contributed by atoms with Crippen LogP contribution >= 0.6 is 31.9 Å². The second-order valence-corrected chi connectivity index (χ2v) is 5.73. The maximum atomic E-state index is 10.2. The number of halogens is 2. The number of imidazole rings is 1. The summed E-state index contributed by atoms with van der Waals surface area (Å²) in [6.45, 7) is 2.93. The van der Waals surface area contributed by atoms with E-state index in [9.17, 15) is 5.11 Å². The van der Waals surface area contributed by atoms with Crippen molar-refractivity contribution in [3.05, 3.63) is 50.9 Å². The highest BCUT2D eigenvalue weighted by Gasteiger charge is 2.13. The largest absolute Gasteiger partial charge is 0.388 e. The van der Waals surface area contributed by atoms with Gasteiger partial charge in [-0.25, -0.2) is 4.98 Å². The van der Waals surface area contributed by atoms with Gasteiger partial charge in [-0.15, -0.1) is 0 Å². The Hall–Kier alpha value is -0.650. The van der Waals surface area contributed by atoms with E-state index in [0.29, 0.717) is 6.42 Å². The lowest BCUT2D eigenvalue weighted by molar-refractivity contribution is 0.174. The minimum Gasteiger partial charge on any atom is -0.388 e. The zero-order valence-corrected chi connectivity index (χ0v) is 13.1. The van der Waals surface area contributed by atoms with Gasteiger partial charge in [-0.3, -0.25) is 0 Å². The second kappa shape index (κ2) is 5.99. The van der Waals surface area contributed by atoms with Crippen LogP contribution in [-0.2, 0) is 13.0 Å². The molecule has 0 bridgehead atoms. The van der Waals surface area contributed by atoms with Crippen molar-refractivity contribution < 1.29 is 5.11 Å². The van der Waals surface area contributed by atoms with Crippen LogP contribution in [0.2, 0.25) is 0 Å². The fourth-order valence-corrected chi connectivity index (χ4v) is 2.47. The fourth-order valence-electron chi connectivity index (χ4n) is 1.83. The summed E-state index contributed by atoms with van der Waals surface area (Å²) in [7, 11) is 0. The second-order valence-electron chi connectivity index (χ2n) is 4.02. The van der Waals surface area contributed by atoms with Crippen LogP contribution < -0.4 is 0 Å². The first kappa shape index (κ1) is 13.8. The molecule has 1 atom stereocenters.